The molecular weight excluding hydrogens is 393 g/mol. The van der Waals surface area contributed by atoms with E-state index in [0.717, 1.165) is 30.8 Å². The van der Waals surface area contributed by atoms with Crippen LogP contribution in [-0.2, 0) is 22.9 Å². The number of rotatable bonds is 5. The molecular formula is C21H24FN3O3S. The van der Waals surface area contributed by atoms with Gasteiger partial charge in [-0.05, 0) is 35.4 Å². The van der Waals surface area contributed by atoms with Crippen molar-refractivity contribution in [2.75, 3.05) is 32.4 Å². The topological polar surface area (TPSA) is 60.9 Å². The molecule has 2 fully saturated rings. The van der Waals surface area contributed by atoms with Crippen LogP contribution in [0.1, 0.15) is 11.1 Å². The van der Waals surface area contributed by atoms with Gasteiger partial charge in [-0.1, -0.05) is 24.3 Å². The van der Waals surface area contributed by atoms with Crippen LogP contribution in [0, 0.1) is 5.82 Å². The predicted octanol–water partition coefficient (Wildman–Crippen LogP) is 2.35. The monoisotopic (exact) mass is 417 g/mol. The molecule has 2 aromatic carbocycles. The first-order chi connectivity index (χ1) is 13.8. The van der Waals surface area contributed by atoms with Gasteiger partial charge < -0.3 is 9.80 Å². The first-order valence-electron chi connectivity index (χ1n) is 9.61. The number of piperazine rings is 1. The Morgan fingerprint density at radius 2 is 1.55 bits per heavy atom. The molecule has 1 unspecified atom stereocenters. The van der Waals surface area contributed by atoms with E-state index in [1.54, 1.807) is 24.3 Å². The third-order valence-corrected chi connectivity index (χ3v) is 6.69. The largest absolute Gasteiger partial charge is 0.320 e. The lowest BCUT2D eigenvalue weighted by Crippen LogP contribution is -2.51. The van der Waals surface area contributed by atoms with Gasteiger partial charge in [-0.15, -0.1) is 0 Å². The SMILES string of the molecule is CS(=O)(=O)c1ccc(CN2CCN3C(=O)N(Cc4ccc(F)cc4)CC3C2)cc1. The minimum absolute atomic E-state index is 0.0384. The van der Waals surface area contributed by atoms with Gasteiger partial charge >= 0.3 is 6.03 Å². The number of hydrogen-bond acceptors (Lipinski definition) is 4. The summed E-state index contributed by atoms with van der Waals surface area (Å²) in [5, 5.41) is 0. The average Bonchev–Trinajstić information content (AvgIpc) is 2.98. The molecule has 0 spiro atoms. The van der Waals surface area contributed by atoms with E-state index in [-0.39, 0.29) is 17.9 Å². The zero-order chi connectivity index (χ0) is 20.6. The van der Waals surface area contributed by atoms with Crippen molar-refractivity contribution < 1.29 is 17.6 Å². The van der Waals surface area contributed by atoms with Gasteiger partial charge in [0.05, 0.1) is 10.9 Å². The zero-order valence-electron chi connectivity index (χ0n) is 16.3. The second-order valence-electron chi connectivity index (χ2n) is 7.79. The van der Waals surface area contributed by atoms with Crippen LogP contribution in [0.5, 0.6) is 0 Å². The van der Waals surface area contributed by atoms with E-state index in [2.05, 4.69) is 4.90 Å². The van der Waals surface area contributed by atoms with Gasteiger partial charge in [0, 0.05) is 45.5 Å². The van der Waals surface area contributed by atoms with Crippen LogP contribution in [0.15, 0.2) is 53.4 Å². The summed E-state index contributed by atoms with van der Waals surface area (Å²) < 4.78 is 36.3. The normalized spacial score (nSPS) is 20.2. The van der Waals surface area contributed by atoms with E-state index in [1.165, 1.54) is 18.4 Å². The molecule has 0 bridgehead atoms. The minimum Gasteiger partial charge on any atom is -0.318 e. The van der Waals surface area contributed by atoms with Crippen LogP contribution < -0.4 is 0 Å². The zero-order valence-corrected chi connectivity index (χ0v) is 17.1. The average molecular weight is 418 g/mol. The summed E-state index contributed by atoms with van der Waals surface area (Å²) in [5.74, 6) is -0.279. The lowest BCUT2D eigenvalue weighted by Gasteiger charge is -2.36. The van der Waals surface area contributed by atoms with E-state index >= 15 is 0 Å². The molecule has 0 aliphatic carbocycles. The smallest absolute Gasteiger partial charge is 0.318 e. The Morgan fingerprint density at radius 3 is 2.21 bits per heavy atom. The number of carbonyl (C=O) groups excluding carboxylic acids is 1. The standard InChI is InChI=1S/C21H24FN3O3S/c1-29(27,28)20-8-4-16(5-9-20)12-23-10-11-25-19(14-23)15-24(21(25)26)13-17-2-6-18(22)7-3-17/h2-9,19H,10-15H2,1H3. The Morgan fingerprint density at radius 1 is 0.931 bits per heavy atom. The third kappa shape index (κ3) is 4.43. The molecule has 1 atom stereocenters. The maximum absolute atomic E-state index is 13.1. The van der Waals surface area contributed by atoms with Crippen LogP contribution in [0.2, 0.25) is 0 Å². The molecule has 154 valence electrons. The van der Waals surface area contributed by atoms with Crippen LogP contribution in [-0.4, -0.2) is 67.6 Å². The fourth-order valence-electron chi connectivity index (χ4n) is 4.03. The van der Waals surface area contributed by atoms with Crippen molar-refractivity contribution in [3.63, 3.8) is 0 Å². The molecule has 0 N–H and O–H groups in total. The maximum Gasteiger partial charge on any atom is 0.320 e. The van der Waals surface area contributed by atoms with Gasteiger partial charge in [0.2, 0.25) is 0 Å². The molecule has 0 aromatic heterocycles. The van der Waals surface area contributed by atoms with E-state index in [9.17, 15) is 17.6 Å². The molecule has 2 saturated heterocycles. The fraction of sp³-hybridized carbons (Fsp3) is 0.381. The van der Waals surface area contributed by atoms with E-state index in [0.29, 0.717) is 24.5 Å². The van der Waals surface area contributed by atoms with E-state index in [1.807, 2.05) is 21.9 Å². The summed E-state index contributed by atoms with van der Waals surface area (Å²) in [5.41, 5.74) is 1.97. The van der Waals surface area contributed by atoms with Crippen LogP contribution in [0.4, 0.5) is 9.18 Å². The number of halogens is 1. The van der Waals surface area contributed by atoms with Crippen molar-refractivity contribution in [2.45, 2.75) is 24.0 Å². The molecule has 29 heavy (non-hydrogen) atoms. The Hall–Kier alpha value is -2.45. The summed E-state index contributed by atoms with van der Waals surface area (Å²) in [6.07, 6.45) is 1.20. The second kappa shape index (κ2) is 7.76. The highest BCUT2D eigenvalue weighted by Gasteiger charge is 2.40. The summed E-state index contributed by atoms with van der Waals surface area (Å²) in [4.78, 5) is 19.1. The highest BCUT2D eigenvalue weighted by molar-refractivity contribution is 7.90. The third-order valence-electron chi connectivity index (χ3n) is 5.56. The van der Waals surface area contributed by atoms with Crippen molar-refractivity contribution in [2.24, 2.45) is 0 Å². The van der Waals surface area contributed by atoms with E-state index < -0.39 is 9.84 Å². The summed E-state index contributed by atoms with van der Waals surface area (Å²) >= 11 is 0. The highest BCUT2D eigenvalue weighted by atomic mass is 32.2. The molecule has 4 rings (SSSR count). The first kappa shape index (κ1) is 19.8. The lowest BCUT2D eigenvalue weighted by molar-refractivity contribution is 0.116. The van der Waals surface area contributed by atoms with Crippen molar-refractivity contribution in [1.29, 1.82) is 0 Å². The Bertz CT molecular complexity index is 993. The number of amides is 2. The lowest BCUT2D eigenvalue weighted by atomic mass is 10.1. The van der Waals surface area contributed by atoms with Gasteiger partial charge in [-0.25, -0.2) is 17.6 Å². The Kier molecular flexibility index (Phi) is 5.31. The summed E-state index contributed by atoms with van der Waals surface area (Å²) in [7, 11) is -3.19. The molecule has 0 radical (unpaired) electrons. The van der Waals surface area contributed by atoms with Crippen LogP contribution in [0.3, 0.4) is 0 Å². The van der Waals surface area contributed by atoms with E-state index in [4.69, 9.17) is 0 Å². The quantitative estimate of drug-likeness (QED) is 0.749. The van der Waals surface area contributed by atoms with Crippen molar-refractivity contribution >= 4 is 15.9 Å². The second-order valence-corrected chi connectivity index (χ2v) is 9.80. The van der Waals surface area contributed by atoms with Gasteiger partial charge in [0.15, 0.2) is 9.84 Å². The Balaban J connectivity index is 1.37. The molecule has 2 heterocycles. The number of hydrogen-bond donors (Lipinski definition) is 0. The van der Waals surface area contributed by atoms with Gasteiger partial charge in [0.1, 0.15) is 5.82 Å². The molecule has 0 saturated carbocycles. The first-order valence-corrected chi connectivity index (χ1v) is 11.5. The number of benzene rings is 2. The number of sulfone groups is 1. The molecule has 2 aromatic rings. The number of fused-ring (bicyclic) bond motifs is 1. The Labute approximate surface area is 170 Å². The van der Waals surface area contributed by atoms with Crippen molar-refractivity contribution in [3.8, 4) is 0 Å². The van der Waals surface area contributed by atoms with Gasteiger partial charge in [-0.2, -0.15) is 0 Å². The summed E-state index contributed by atoms with van der Waals surface area (Å²) in [6.45, 7) is 4.09. The van der Waals surface area contributed by atoms with Gasteiger partial charge in [-0.3, -0.25) is 4.90 Å². The molecule has 2 amide bonds. The highest BCUT2D eigenvalue weighted by Crippen LogP contribution is 2.24. The molecule has 2 aliphatic heterocycles. The summed E-state index contributed by atoms with van der Waals surface area (Å²) in [6, 6.07) is 13.4. The van der Waals surface area contributed by atoms with Crippen LogP contribution in [0.25, 0.3) is 0 Å². The molecule has 2 aliphatic rings. The number of carbonyl (C=O) groups is 1. The van der Waals surface area contributed by atoms with Crippen LogP contribution >= 0.6 is 0 Å². The van der Waals surface area contributed by atoms with Crippen molar-refractivity contribution in [1.82, 2.24) is 14.7 Å². The molecule has 6 nitrogen and oxygen atoms in total. The predicted molar refractivity (Wildman–Crippen MR) is 108 cm³/mol. The minimum atomic E-state index is -3.19. The fourth-order valence-corrected chi connectivity index (χ4v) is 4.66. The van der Waals surface area contributed by atoms with Gasteiger partial charge in [0.25, 0.3) is 0 Å². The number of urea groups is 1. The molecule has 8 heteroatoms. The van der Waals surface area contributed by atoms with Crippen molar-refractivity contribution in [3.05, 3.63) is 65.5 Å². The maximum atomic E-state index is 13.1. The number of nitrogens with zero attached hydrogens (tertiary/aromatic N) is 3.